The fraction of sp³-hybridized carbons (Fsp3) is 0.333. The molecule has 1 atom stereocenters. The minimum absolute atomic E-state index is 0.581. The third kappa shape index (κ3) is 3.56. The van der Waals surface area contributed by atoms with Crippen molar-refractivity contribution in [2.45, 2.75) is 19.4 Å². The van der Waals surface area contributed by atoms with Gasteiger partial charge in [0, 0.05) is 37.4 Å². The van der Waals surface area contributed by atoms with Crippen LogP contribution in [0.2, 0.25) is 0 Å². The maximum atomic E-state index is 5.92. The lowest BCUT2D eigenvalue weighted by atomic mass is 10.1. The standard InChI is InChI=1S/C18H22N2O/c1-2-15-14-20(12-11-19-15)16-7-6-10-18(13-16)21-17-8-4-3-5-9-17/h3-10,13,15,19H,2,11-12,14H2,1H3. The molecular formula is C18H22N2O. The highest BCUT2D eigenvalue weighted by Gasteiger charge is 2.18. The Morgan fingerprint density at radius 3 is 2.71 bits per heavy atom. The number of nitrogens with zero attached hydrogens (tertiary/aromatic N) is 1. The van der Waals surface area contributed by atoms with Crippen LogP contribution in [-0.4, -0.2) is 25.7 Å². The predicted octanol–water partition coefficient (Wildman–Crippen LogP) is 3.67. The summed E-state index contributed by atoms with van der Waals surface area (Å²) in [7, 11) is 0. The third-order valence-corrected chi connectivity index (χ3v) is 3.91. The molecule has 3 nitrogen and oxygen atoms in total. The minimum atomic E-state index is 0.581. The summed E-state index contributed by atoms with van der Waals surface area (Å²) in [5.41, 5.74) is 1.24. The van der Waals surface area contributed by atoms with E-state index in [1.165, 1.54) is 5.69 Å². The number of para-hydroxylation sites is 1. The summed E-state index contributed by atoms with van der Waals surface area (Å²) in [6.07, 6.45) is 1.16. The van der Waals surface area contributed by atoms with Crippen LogP contribution < -0.4 is 15.0 Å². The minimum Gasteiger partial charge on any atom is -0.457 e. The topological polar surface area (TPSA) is 24.5 Å². The van der Waals surface area contributed by atoms with Crippen molar-refractivity contribution in [3.63, 3.8) is 0 Å². The molecule has 3 rings (SSSR count). The van der Waals surface area contributed by atoms with Crippen LogP contribution in [0.1, 0.15) is 13.3 Å². The smallest absolute Gasteiger partial charge is 0.129 e. The molecule has 2 aromatic carbocycles. The fourth-order valence-corrected chi connectivity index (χ4v) is 2.70. The van der Waals surface area contributed by atoms with Gasteiger partial charge < -0.3 is 15.0 Å². The van der Waals surface area contributed by atoms with E-state index in [9.17, 15) is 0 Å². The van der Waals surface area contributed by atoms with E-state index in [0.717, 1.165) is 37.6 Å². The SMILES string of the molecule is CCC1CN(c2cccc(Oc3ccccc3)c2)CCN1. The Balaban J connectivity index is 1.74. The molecule has 1 unspecified atom stereocenters. The Morgan fingerprint density at radius 2 is 1.90 bits per heavy atom. The summed E-state index contributed by atoms with van der Waals surface area (Å²) in [6, 6.07) is 18.9. The molecule has 3 heteroatoms. The van der Waals surface area contributed by atoms with Crippen molar-refractivity contribution in [2.75, 3.05) is 24.5 Å². The summed E-state index contributed by atoms with van der Waals surface area (Å²) >= 11 is 0. The van der Waals surface area contributed by atoms with Crippen LogP contribution in [0.15, 0.2) is 54.6 Å². The van der Waals surface area contributed by atoms with E-state index in [0.29, 0.717) is 6.04 Å². The van der Waals surface area contributed by atoms with Crippen molar-refractivity contribution in [3.8, 4) is 11.5 Å². The molecule has 1 heterocycles. The number of hydrogen-bond acceptors (Lipinski definition) is 3. The second kappa shape index (κ2) is 6.64. The Kier molecular flexibility index (Phi) is 4.41. The van der Waals surface area contributed by atoms with E-state index >= 15 is 0 Å². The van der Waals surface area contributed by atoms with Gasteiger partial charge in [0.2, 0.25) is 0 Å². The van der Waals surface area contributed by atoms with Crippen LogP contribution in [0, 0.1) is 0 Å². The number of hydrogen-bond donors (Lipinski definition) is 1. The maximum absolute atomic E-state index is 5.92. The Labute approximate surface area is 126 Å². The number of nitrogens with one attached hydrogen (secondary N) is 1. The van der Waals surface area contributed by atoms with E-state index in [4.69, 9.17) is 4.74 Å². The highest BCUT2D eigenvalue weighted by molar-refractivity contribution is 5.52. The first-order valence-corrected chi connectivity index (χ1v) is 7.66. The number of anilines is 1. The summed E-state index contributed by atoms with van der Waals surface area (Å²) in [5.74, 6) is 1.77. The first-order valence-electron chi connectivity index (χ1n) is 7.66. The van der Waals surface area contributed by atoms with Gasteiger partial charge in [0.25, 0.3) is 0 Å². The second-order valence-corrected chi connectivity index (χ2v) is 5.42. The van der Waals surface area contributed by atoms with Crippen LogP contribution in [0.25, 0.3) is 0 Å². The molecule has 1 aliphatic heterocycles. The molecule has 1 saturated heterocycles. The summed E-state index contributed by atoms with van der Waals surface area (Å²) in [5, 5.41) is 3.55. The first-order chi connectivity index (χ1) is 10.3. The lowest BCUT2D eigenvalue weighted by molar-refractivity contribution is 0.445. The predicted molar refractivity (Wildman–Crippen MR) is 87.3 cm³/mol. The summed E-state index contributed by atoms with van der Waals surface area (Å²) in [6.45, 7) is 5.38. The van der Waals surface area contributed by atoms with Gasteiger partial charge in [-0.05, 0) is 30.7 Å². The largest absolute Gasteiger partial charge is 0.457 e. The van der Waals surface area contributed by atoms with E-state index < -0.39 is 0 Å². The second-order valence-electron chi connectivity index (χ2n) is 5.42. The van der Waals surface area contributed by atoms with Gasteiger partial charge in [0.1, 0.15) is 11.5 Å². The first kappa shape index (κ1) is 14.0. The van der Waals surface area contributed by atoms with Gasteiger partial charge in [0.05, 0.1) is 0 Å². The zero-order valence-electron chi connectivity index (χ0n) is 12.5. The van der Waals surface area contributed by atoms with Gasteiger partial charge in [-0.3, -0.25) is 0 Å². The highest BCUT2D eigenvalue weighted by atomic mass is 16.5. The quantitative estimate of drug-likeness (QED) is 0.926. The van der Waals surface area contributed by atoms with Crippen LogP contribution >= 0.6 is 0 Å². The van der Waals surface area contributed by atoms with Gasteiger partial charge >= 0.3 is 0 Å². The number of piperazine rings is 1. The molecular weight excluding hydrogens is 260 g/mol. The van der Waals surface area contributed by atoms with Crippen molar-refractivity contribution in [3.05, 3.63) is 54.6 Å². The Bertz CT molecular complexity index is 570. The fourth-order valence-electron chi connectivity index (χ4n) is 2.70. The molecule has 0 aliphatic carbocycles. The van der Waals surface area contributed by atoms with Crippen molar-refractivity contribution < 1.29 is 4.74 Å². The molecule has 21 heavy (non-hydrogen) atoms. The molecule has 0 bridgehead atoms. The van der Waals surface area contributed by atoms with Gasteiger partial charge in [-0.2, -0.15) is 0 Å². The van der Waals surface area contributed by atoms with E-state index in [1.807, 2.05) is 36.4 Å². The molecule has 1 aliphatic rings. The molecule has 0 saturated carbocycles. The average molecular weight is 282 g/mol. The average Bonchev–Trinajstić information content (AvgIpc) is 2.56. The molecule has 0 radical (unpaired) electrons. The van der Waals surface area contributed by atoms with Crippen molar-refractivity contribution in [2.24, 2.45) is 0 Å². The van der Waals surface area contributed by atoms with Gasteiger partial charge in [-0.15, -0.1) is 0 Å². The summed E-state index contributed by atoms with van der Waals surface area (Å²) < 4.78 is 5.92. The van der Waals surface area contributed by atoms with Gasteiger partial charge in [-0.25, -0.2) is 0 Å². The Hall–Kier alpha value is -2.00. The normalized spacial score (nSPS) is 18.5. The molecule has 1 fully saturated rings. The zero-order valence-corrected chi connectivity index (χ0v) is 12.5. The van der Waals surface area contributed by atoms with E-state index in [2.05, 4.69) is 35.3 Å². The molecule has 1 N–H and O–H groups in total. The van der Waals surface area contributed by atoms with Gasteiger partial charge in [0.15, 0.2) is 0 Å². The zero-order chi connectivity index (χ0) is 14.5. The lowest BCUT2D eigenvalue weighted by Crippen LogP contribution is -2.50. The molecule has 110 valence electrons. The van der Waals surface area contributed by atoms with Crippen molar-refractivity contribution in [1.29, 1.82) is 0 Å². The number of ether oxygens (including phenoxy) is 1. The molecule has 2 aromatic rings. The van der Waals surface area contributed by atoms with Gasteiger partial charge in [-0.1, -0.05) is 31.2 Å². The van der Waals surface area contributed by atoms with Crippen LogP contribution in [-0.2, 0) is 0 Å². The highest BCUT2D eigenvalue weighted by Crippen LogP contribution is 2.26. The number of benzene rings is 2. The maximum Gasteiger partial charge on any atom is 0.129 e. The monoisotopic (exact) mass is 282 g/mol. The molecule has 0 spiro atoms. The summed E-state index contributed by atoms with van der Waals surface area (Å²) in [4.78, 5) is 2.43. The molecule has 0 aromatic heterocycles. The lowest BCUT2D eigenvalue weighted by Gasteiger charge is -2.35. The third-order valence-electron chi connectivity index (χ3n) is 3.91. The van der Waals surface area contributed by atoms with Crippen LogP contribution in [0.4, 0.5) is 5.69 Å². The van der Waals surface area contributed by atoms with Crippen LogP contribution in [0.3, 0.4) is 0 Å². The van der Waals surface area contributed by atoms with Crippen molar-refractivity contribution >= 4 is 5.69 Å². The molecule has 0 amide bonds. The van der Waals surface area contributed by atoms with Crippen molar-refractivity contribution in [1.82, 2.24) is 5.32 Å². The van der Waals surface area contributed by atoms with E-state index in [-0.39, 0.29) is 0 Å². The van der Waals surface area contributed by atoms with E-state index in [1.54, 1.807) is 0 Å². The Morgan fingerprint density at radius 1 is 1.10 bits per heavy atom. The number of rotatable bonds is 4. The van der Waals surface area contributed by atoms with Crippen LogP contribution in [0.5, 0.6) is 11.5 Å².